The van der Waals surface area contributed by atoms with E-state index in [9.17, 15) is 14.4 Å². The van der Waals surface area contributed by atoms with Crippen molar-refractivity contribution in [2.24, 2.45) is 5.92 Å². The summed E-state index contributed by atoms with van der Waals surface area (Å²) < 4.78 is 0. The van der Waals surface area contributed by atoms with Gasteiger partial charge in [-0.15, -0.1) is 0 Å². The highest BCUT2D eigenvalue weighted by molar-refractivity contribution is 6.05. The maximum atomic E-state index is 12.6. The molecule has 2 aromatic rings. The second-order valence-electron chi connectivity index (χ2n) is 7.59. The first-order valence-electron chi connectivity index (χ1n) is 9.37. The zero-order valence-corrected chi connectivity index (χ0v) is 16.5. The van der Waals surface area contributed by atoms with Crippen LogP contribution in [0.15, 0.2) is 53.6 Å². The van der Waals surface area contributed by atoms with Crippen molar-refractivity contribution in [2.45, 2.75) is 32.1 Å². The number of Topliss-reactive ketones (excluding diaryl/α,β-unsaturated/α-hetero) is 1. The van der Waals surface area contributed by atoms with Crippen LogP contribution in [0.3, 0.4) is 0 Å². The number of H-pyrrole nitrogens is 1. The van der Waals surface area contributed by atoms with Crippen molar-refractivity contribution in [3.8, 4) is 0 Å². The Bertz CT molecular complexity index is 1050. The van der Waals surface area contributed by atoms with E-state index < -0.39 is 11.5 Å². The van der Waals surface area contributed by atoms with Crippen molar-refractivity contribution in [3.63, 3.8) is 0 Å². The largest absolute Gasteiger partial charge is 0.350 e. The zero-order valence-electron chi connectivity index (χ0n) is 16.5. The Morgan fingerprint density at radius 2 is 2.03 bits per heavy atom. The molecular formula is C22H24N4O3. The first-order valence-corrected chi connectivity index (χ1v) is 9.37. The number of anilines is 1. The molecule has 1 aromatic heterocycles. The lowest BCUT2D eigenvalue weighted by Crippen LogP contribution is -2.45. The lowest BCUT2D eigenvalue weighted by molar-refractivity contribution is 0.101. The summed E-state index contributed by atoms with van der Waals surface area (Å²) in [6.07, 6.45) is 4.20. The number of rotatable bonds is 7. The molecule has 1 fully saturated rings. The molecule has 4 N–H and O–H groups in total. The third-order valence-electron chi connectivity index (χ3n) is 5.45. The molecule has 0 atom stereocenters. The number of ketones is 1. The summed E-state index contributed by atoms with van der Waals surface area (Å²) >= 11 is 0. The number of carbonyl (C=O) groups is 2. The molecule has 0 unspecified atom stereocenters. The summed E-state index contributed by atoms with van der Waals surface area (Å²) in [6, 6.07) is 8.72. The van der Waals surface area contributed by atoms with Crippen molar-refractivity contribution in [1.29, 1.82) is 5.41 Å². The molecule has 29 heavy (non-hydrogen) atoms. The molecule has 0 saturated heterocycles. The van der Waals surface area contributed by atoms with Gasteiger partial charge in [0.1, 0.15) is 5.56 Å². The van der Waals surface area contributed by atoms with E-state index in [-0.39, 0.29) is 22.3 Å². The number of aromatic amines is 1. The molecule has 150 valence electrons. The van der Waals surface area contributed by atoms with Crippen LogP contribution < -0.4 is 16.2 Å². The summed E-state index contributed by atoms with van der Waals surface area (Å²) in [5.74, 6) is -0.292. The van der Waals surface area contributed by atoms with Crippen molar-refractivity contribution < 1.29 is 9.59 Å². The van der Waals surface area contributed by atoms with Gasteiger partial charge in [-0.3, -0.25) is 19.8 Å². The van der Waals surface area contributed by atoms with E-state index in [1.54, 1.807) is 6.07 Å². The lowest BCUT2D eigenvalue weighted by Gasteiger charge is -2.48. The first kappa shape index (κ1) is 20.3. The molecule has 1 aliphatic rings. The maximum Gasteiger partial charge on any atom is 0.261 e. The number of allylic oxidation sites excluding steroid dienone is 1. The highest BCUT2D eigenvalue weighted by Gasteiger charge is 2.45. The van der Waals surface area contributed by atoms with Crippen LogP contribution in [0.2, 0.25) is 0 Å². The Morgan fingerprint density at radius 3 is 2.66 bits per heavy atom. The van der Waals surface area contributed by atoms with Gasteiger partial charge in [0, 0.05) is 28.6 Å². The Hall–Kier alpha value is -3.48. The fourth-order valence-corrected chi connectivity index (χ4v) is 3.96. The summed E-state index contributed by atoms with van der Waals surface area (Å²) in [4.78, 5) is 38.6. The number of pyridine rings is 1. The van der Waals surface area contributed by atoms with Crippen LogP contribution in [-0.4, -0.2) is 23.0 Å². The number of hydrogen-bond donors (Lipinski definition) is 4. The third kappa shape index (κ3) is 3.89. The summed E-state index contributed by atoms with van der Waals surface area (Å²) in [6.45, 7) is 7.63. The summed E-state index contributed by atoms with van der Waals surface area (Å²) in [7, 11) is 0. The molecule has 7 heteroatoms. The van der Waals surface area contributed by atoms with E-state index >= 15 is 0 Å². The Balaban J connectivity index is 1.89. The molecule has 0 radical (unpaired) electrons. The highest BCUT2D eigenvalue weighted by Crippen LogP contribution is 2.51. The van der Waals surface area contributed by atoms with Gasteiger partial charge in [0.15, 0.2) is 5.78 Å². The van der Waals surface area contributed by atoms with Crippen LogP contribution in [0.5, 0.6) is 0 Å². The van der Waals surface area contributed by atoms with E-state index in [1.165, 1.54) is 19.2 Å². The lowest BCUT2D eigenvalue weighted by atomic mass is 9.57. The molecule has 3 rings (SSSR count). The Kier molecular flexibility index (Phi) is 5.50. The minimum atomic E-state index is -0.584. The van der Waals surface area contributed by atoms with Crippen molar-refractivity contribution in [1.82, 2.24) is 10.3 Å². The molecule has 7 nitrogen and oxygen atoms in total. The van der Waals surface area contributed by atoms with Gasteiger partial charge >= 0.3 is 0 Å². The zero-order chi connectivity index (χ0) is 21.2. The van der Waals surface area contributed by atoms with E-state index in [1.807, 2.05) is 18.2 Å². The van der Waals surface area contributed by atoms with E-state index in [0.717, 1.165) is 30.4 Å². The summed E-state index contributed by atoms with van der Waals surface area (Å²) in [5, 5.41) is 13.0. The van der Waals surface area contributed by atoms with Gasteiger partial charge in [-0.2, -0.15) is 0 Å². The predicted octanol–water partition coefficient (Wildman–Crippen LogP) is 3.21. The SMILES string of the molecule is C=C(NC=N)[C@]1(c2cccc(NC(=O)c3cc(C(C)=O)c[nH]c3=O)c2)C[C@H](C)C1. The van der Waals surface area contributed by atoms with Crippen molar-refractivity contribution in [2.75, 3.05) is 5.32 Å². The summed E-state index contributed by atoms with van der Waals surface area (Å²) in [5.41, 5.74) is 1.56. The van der Waals surface area contributed by atoms with Crippen LogP contribution in [0.25, 0.3) is 0 Å². The van der Waals surface area contributed by atoms with Crippen LogP contribution >= 0.6 is 0 Å². The molecule has 1 saturated carbocycles. The van der Waals surface area contributed by atoms with Gasteiger partial charge in [-0.1, -0.05) is 25.6 Å². The molecule has 1 aromatic carbocycles. The highest BCUT2D eigenvalue weighted by atomic mass is 16.2. The molecule has 0 spiro atoms. The fourth-order valence-electron chi connectivity index (χ4n) is 3.96. The normalized spacial score (nSPS) is 20.3. The van der Waals surface area contributed by atoms with E-state index in [4.69, 9.17) is 5.41 Å². The maximum absolute atomic E-state index is 12.6. The van der Waals surface area contributed by atoms with Crippen molar-refractivity contribution in [3.05, 3.63) is 75.8 Å². The third-order valence-corrected chi connectivity index (χ3v) is 5.45. The minimum absolute atomic E-state index is 0.120. The minimum Gasteiger partial charge on any atom is -0.350 e. The van der Waals surface area contributed by atoms with Gasteiger partial charge in [0.25, 0.3) is 11.5 Å². The number of hydrogen-bond acceptors (Lipinski definition) is 4. The van der Waals surface area contributed by atoms with Crippen molar-refractivity contribution >= 4 is 23.7 Å². The van der Waals surface area contributed by atoms with Crippen LogP contribution in [0, 0.1) is 11.3 Å². The van der Waals surface area contributed by atoms with Gasteiger partial charge in [0.05, 0.1) is 6.34 Å². The Morgan fingerprint density at radius 1 is 1.31 bits per heavy atom. The average molecular weight is 392 g/mol. The number of aromatic nitrogens is 1. The smallest absolute Gasteiger partial charge is 0.261 e. The monoisotopic (exact) mass is 392 g/mol. The predicted molar refractivity (Wildman–Crippen MR) is 113 cm³/mol. The second-order valence-corrected chi connectivity index (χ2v) is 7.59. The van der Waals surface area contributed by atoms with Gasteiger partial charge < -0.3 is 15.6 Å². The van der Waals surface area contributed by atoms with Crippen LogP contribution in [0.1, 0.15) is 53.0 Å². The first-order chi connectivity index (χ1) is 13.8. The molecule has 1 aliphatic carbocycles. The molecule has 0 bridgehead atoms. The standard InChI is InChI=1S/C22H24N4O3/c1-13-9-22(10-13,15(3)25-12-23)17-5-4-6-18(8-17)26-21(29)19-7-16(14(2)27)11-24-20(19)28/h4-8,11-13H,3,9-10H2,1-2H3,(H2,23,25)(H,24,28)(H,26,29)/t13-,22-. The number of benzene rings is 1. The Labute approximate surface area is 168 Å². The fraction of sp³-hybridized carbons (Fsp3) is 0.273. The number of carbonyl (C=O) groups excluding carboxylic acids is 2. The molecule has 0 aliphatic heterocycles. The van der Waals surface area contributed by atoms with Crippen LogP contribution in [0.4, 0.5) is 5.69 Å². The van der Waals surface area contributed by atoms with Crippen LogP contribution in [-0.2, 0) is 5.41 Å². The topological polar surface area (TPSA) is 115 Å². The quantitative estimate of drug-likeness (QED) is 0.329. The number of nitrogens with one attached hydrogen (secondary N) is 4. The van der Waals surface area contributed by atoms with Gasteiger partial charge in [-0.05, 0) is 49.4 Å². The van der Waals surface area contributed by atoms with E-state index in [2.05, 4.69) is 29.1 Å². The van der Waals surface area contributed by atoms with Gasteiger partial charge in [-0.25, -0.2) is 0 Å². The number of amides is 1. The molecule has 1 heterocycles. The molecular weight excluding hydrogens is 368 g/mol. The van der Waals surface area contributed by atoms with Gasteiger partial charge in [0.2, 0.25) is 0 Å². The second kappa shape index (κ2) is 7.87. The van der Waals surface area contributed by atoms with E-state index in [0.29, 0.717) is 11.6 Å². The molecule has 1 amide bonds. The average Bonchev–Trinajstić information content (AvgIpc) is 2.65.